The van der Waals surface area contributed by atoms with Crippen LogP contribution in [0, 0.1) is 5.92 Å². The van der Waals surface area contributed by atoms with Crippen LogP contribution in [0.2, 0.25) is 0 Å². The van der Waals surface area contributed by atoms with Gasteiger partial charge in [0, 0.05) is 63.1 Å². The van der Waals surface area contributed by atoms with Crippen LogP contribution in [-0.2, 0) is 14.3 Å². The Hall–Kier alpha value is -2.38. The van der Waals surface area contributed by atoms with Gasteiger partial charge in [-0.05, 0) is 50.8 Å². The largest absolute Gasteiger partial charge is 0.491 e. The number of carbonyl (C=O) groups excluding carboxylic acids is 2. The fourth-order valence-corrected chi connectivity index (χ4v) is 5.46. The Labute approximate surface area is 215 Å². The van der Waals surface area contributed by atoms with Gasteiger partial charge in [0.15, 0.2) is 5.78 Å². The van der Waals surface area contributed by atoms with Crippen LogP contribution in [0.3, 0.4) is 0 Å². The highest BCUT2D eigenvalue weighted by atomic mass is 16.5. The number of hydrogen-bond acceptors (Lipinski definition) is 7. The predicted octanol–water partition coefficient (Wildman–Crippen LogP) is 4.86. The number of esters is 1. The number of anilines is 1. The minimum atomic E-state index is -0.244. The number of hydrogen-bond donors (Lipinski definition) is 0. The molecule has 1 fully saturated rings. The van der Waals surface area contributed by atoms with E-state index in [0.717, 1.165) is 81.9 Å². The number of nitrogens with zero attached hydrogens (tertiary/aromatic N) is 2. The number of ether oxygens (including phenoxy) is 3. The molecule has 2 unspecified atom stereocenters. The molecule has 2 aliphatic heterocycles. The second kappa shape index (κ2) is 12.7. The molecule has 36 heavy (non-hydrogen) atoms. The van der Waals surface area contributed by atoms with Crippen molar-refractivity contribution < 1.29 is 23.8 Å². The zero-order valence-electron chi connectivity index (χ0n) is 22.2. The number of ketones is 1. The molecule has 1 aliphatic carbocycles. The summed E-state index contributed by atoms with van der Waals surface area (Å²) in [6.45, 7) is 9.32. The van der Waals surface area contributed by atoms with Gasteiger partial charge in [0.2, 0.25) is 0 Å². The van der Waals surface area contributed by atoms with Gasteiger partial charge in [0.05, 0.1) is 25.0 Å². The number of rotatable bonds is 11. The van der Waals surface area contributed by atoms with E-state index < -0.39 is 0 Å². The lowest BCUT2D eigenvalue weighted by Crippen LogP contribution is -2.37. The maximum absolute atomic E-state index is 12.9. The van der Waals surface area contributed by atoms with E-state index in [-0.39, 0.29) is 23.8 Å². The fraction of sp³-hybridized carbons (Fsp3) is 0.655. The van der Waals surface area contributed by atoms with Gasteiger partial charge in [-0.25, -0.2) is 0 Å². The summed E-state index contributed by atoms with van der Waals surface area (Å²) < 4.78 is 17.7. The number of unbranched alkanes of at least 4 members (excludes halogenated alkanes) is 2. The van der Waals surface area contributed by atoms with Gasteiger partial charge < -0.3 is 19.1 Å². The predicted molar refractivity (Wildman–Crippen MR) is 142 cm³/mol. The van der Waals surface area contributed by atoms with E-state index in [0.29, 0.717) is 24.3 Å². The first-order chi connectivity index (χ1) is 17.4. The van der Waals surface area contributed by atoms with Crippen molar-refractivity contribution in [2.75, 3.05) is 51.3 Å². The van der Waals surface area contributed by atoms with E-state index in [1.807, 2.05) is 12.1 Å². The SMILES string of the molecule is CCCCCC(C)Oc1cc(OC(=O)CCCN2CCOCC2)c2c(c1)N(C)CC1CCC(=O)C=C21. The highest BCUT2D eigenvalue weighted by Crippen LogP contribution is 2.48. The molecule has 0 radical (unpaired) electrons. The lowest BCUT2D eigenvalue weighted by molar-refractivity contribution is -0.134. The second-order valence-corrected chi connectivity index (χ2v) is 10.5. The van der Waals surface area contributed by atoms with Gasteiger partial charge in [0.1, 0.15) is 11.5 Å². The smallest absolute Gasteiger partial charge is 0.311 e. The van der Waals surface area contributed by atoms with Crippen molar-refractivity contribution >= 4 is 23.0 Å². The molecule has 0 amide bonds. The third-order valence-corrected chi connectivity index (χ3v) is 7.48. The molecule has 2 heterocycles. The lowest BCUT2D eigenvalue weighted by atomic mass is 9.79. The molecule has 1 aromatic carbocycles. The average Bonchev–Trinajstić information content (AvgIpc) is 2.85. The van der Waals surface area contributed by atoms with E-state index in [2.05, 4.69) is 30.7 Å². The highest BCUT2D eigenvalue weighted by molar-refractivity contribution is 6.02. The molecule has 2 atom stereocenters. The first kappa shape index (κ1) is 26.7. The molecule has 0 N–H and O–H groups in total. The van der Waals surface area contributed by atoms with E-state index in [4.69, 9.17) is 14.2 Å². The Morgan fingerprint density at radius 1 is 1.19 bits per heavy atom. The van der Waals surface area contributed by atoms with Crippen LogP contribution in [0.1, 0.15) is 70.8 Å². The number of benzene rings is 1. The number of morpholine rings is 1. The van der Waals surface area contributed by atoms with Crippen LogP contribution < -0.4 is 14.4 Å². The van der Waals surface area contributed by atoms with Crippen molar-refractivity contribution in [3.05, 3.63) is 23.8 Å². The molecule has 1 aromatic rings. The third-order valence-electron chi connectivity index (χ3n) is 7.48. The summed E-state index contributed by atoms with van der Waals surface area (Å²) in [6, 6.07) is 3.89. The summed E-state index contributed by atoms with van der Waals surface area (Å²) in [5, 5.41) is 0. The maximum atomic E-state index is 12.9. The highest BCUT2D eigenvalue weighted by Gasteiger charge is 2.34. The molecule has 7 heteroatoms. The summed E-state index contributed by atoms with van der Waals surface area (Å²) in [5.41, 5.74) is 2.83. The van der Waals surface area contributed by atoms with Crippen LogP contribution in [0.15, 0.2) is 18.2 Å². The van der Waals surface area contributed by atoms with E-state index in [1.54, 1.807) is 6.08 Å². The molecule has 0 aromatic heterocycles. The van der Waals surface area contributed by atoms with Crippen molar-refractivity contribution in [1.82, 2.24) is 4.90 Å². The molecule has 0 saturated carbocycles. The Bertz CT molecular complexity index is 953. The van der Waals surface area contributed by atoms with Crippen LogP contribution in [-0.4, -0.2) is 69.2 Å². The first-order valence-corrected chi connectivity index (χ1v) is 13.8. The minimum Gasteiger partial charge on any atom is -0.491 e. The van der Waals surface area contributed by atoms with Gasteiger partial charge in [-0.15, -0.1) is 0 Å². The van der Waals surface area contributed by atoms with Crippen molar-refractivity contribution in [3.8, 4) is 11.5 Å². The monoisotopic (exact) mass is 498 g/mol. The molecule has 198 valence electrons. The fourth-order valence-electron chi connectivity index (χ4n) is 5.46. The van der Waals surface area contributed by atoms with E-state index >= 15 is 0 Å². The molecule has 3 aliphatic rings. The number of allylic oxidation sites excluding steroid dienone is 1. The van der Waals surface area contributed by atoms with Gasteiger partial charge in [-0.1, -0.05) is 19.8 Å². The van der Waals surface area contributed by atoms with Crippen LogP contribution in [0.25, 0.3) is 5.57 Å². The zero-order chi connectivity index (χ0) is 25.5. The third kappa shape index (κ3) is 6.88. The zero-order valence-corrected chi connectivity index (χ0v) is 22.2. The molecular weight excluding hydrogens is 456 g/mol. The Kier molecular flexibility index (Phi) is 9.43. The molecule has 7 nitrogen and oxygen atoms in total. The van der Waals surface area contributed by atoms with Gasteiger partial charge in [-0.3, -0.25) is 14.5 Å². The minimum absolute atomic E-state index is 0.0730. The topological polar surface area (TPSA) is 68.3 Å². The van der Waals surface area contributed by atoms with Crippen molar-refractivity contribution in [1.29, 1.82) is 0 Å². The Balaban J connectivity index is 1.54. The Morgan fingerprint density at radius 2 is 2.00 bits per heavy atom. The van der Waals surface area contributed by atoms with E-state index in [9.17, 15) is 9.59 Å². The van der Waals surface area contributed by atoms with Crippen LogP contribution >= 0.6 is 0 Å². The average molecular weight is 499 g/mol. The van der Waals surface area contributed by atoms with Gasteiger partial charge in [-0.2, -0.15) is 0 Å². The summed E-state index contributed by atoms with van der Waals surface area (Å²) in [7, 11) is 2.06. The normalized spacial score (nSPS) is 20.9. The van der Waals surface area contributed by atoms with E-state index in [1.165, 1.54) is 12.8 Å². The molecule has 1 saturated heterocycles. The summed E-state index contributed by atoms with van der Waals surface area (Å²) in [4.78, 5) is 29.8. The standard InChI is InChI=1S/C29H42N2O5/c1-4-5-6-8-21(2)35-24-18-26-29(25-17-23(32)11-10-22(25)20-30(26)3)27(19-24)36-28(33)9-7-12-31-13-15-34-16-14-31/h17-19,21-22H,4-16,20H2,1-3H3. The van der Waals surface area contributed by atoms with Gasteiger partial charge in [0.25, 0.3) is 0 Å². The summed E-state index contributed by atoms with van der Waals surface area (Å²) in [5.74, 6) is 1.38. The first-order valence-electron chi connectivity index (χ1n) is 13.8. The summed E-state index contributed by atoms with van der Waals surface area (Å²) >= 11 is 0. The number of fused-ring (bicyclic) bond motifs is 3. The summed E-state index contributed by atoms with van der Waals surface area (Å²) in [6.07, 6.45) is 8.82. The van der Waals surface area contributed by atoms with Gasteiger partial charge >= 0.3 is 5.97 Å². The van der Waals surface area contributed by atoms with Crippen molar-refractivity contribution in [2.24, 2.45) is 5.92 Å². The van der Waals surface area contributed by atoms with Crippen LogP contribution in [0.5, 0.6) is 11.5 Å². The van der Waals surface area contributed by atoms with Crippen molar-refractivity contribution in [3.63, 3.8) is 0 Å². The van der Waals surface area contributed by atoms with Crippen molar-refractivity contribution in [2.45, 2.75) is 71.3 Å². The molecule has 0 bridgehead atoms. The second-order valence-electron chi connectivity index (χ2n) is 10.5. The number of carbonyl (C=O) groups is 2. The quantitative estimate of drug-likeness (QED) is 0.245. The maximum Gasteiger partial charge on any atom is 0.311 e. The van der Waals surface area contributed by atoms with Crippen LogP contribution in [0.4, 0.5) is 5.69 Å². The molecule has 4 rings (SSSR count). The Morgan fingerprint density at radius 3 is 2.78 bits per heavy atom. The lowest BCUT2D eigenvalue weighted by Gasteiger charge is -2.38. The molecule has 0 spiro atoms. The molecular formula is C29H42N2O5.